The van der Waals surface area contributed by atoms with Gasteiger partial charge in [-0.25, -0.2) is 17.5 Å². The van der Waals surface area contributed by atoms with Gasteiger partial charge in [0.1, 0.15) is 16.8 Å². The second kappa shape index (κ2) is 7.60. The van der Waals surface area contributed by atoms with E-state index in [1.165, 1.54) is 30.7 Å². The van der Waals surface area contributed by atoms with Gasteiger partial charge in [0.05, 0.1) is 11.4 Å². The molecule has 0 fully saturated rings. The molecular formula is C19H17F4N3O2S. The van der Waals surface area contributed by atoms with Crippen LogP contribution in [0.5, 0.6) is 0 Å². The van der Waals surface area contributed by atoms with Crippen LogP contribution in [0.15, 0.2) is 59.5 Å². The van der Waals surface area contributed by atoms with Crippen LogP contribution in [0.2, 0.25) is 0 Å². The van der Waals surface area contributed by atoms with Crippen LogP contribution in [-0.2, 0) is 10.0 Å². The molecular weight excluding hydrogens is 410 g/mol. The van der Waals surface area contributed by atoms with Gasteiger partial charge in [0.25, 0.3) is 0 Å². The van der Waals surface area contributed by atoms with E-state index < -0.39 is 33.0 Å². The lowest BCUT2D eigenvalue weighted by Gasteiger charge is -2.22. The number of hydrogen-bond donors (Lipinski definition) is 1. The Bertz CT molecular complexity index is 1130. The molecule has 0 bridgehead atoms. The van der Waals surface area contributed by atoms with Crippen LogP contribution in [-0.4, -0.2) is 24.4 Å². The topological polar surface area (TPSA) is 64.0 Å². The fraction of sp³-hybridized carbons (Fsp3) is 0.211. The van der Waals surface area contributed by atoms with Gasteiger partial charge in [-0.15, -0.1) is 0 Å². The average molecular weight is 427 g/mol. The lowest BCUT2D eigenvalue weighted by Crippen LogP contribution is -2.39. The van der Waals surface area contributed by atoms with Crippen molar-refractivity contribution in [1.82, 2.24) is 14.5 Å². The van der Waals surface area contributed by atoms with E-state index in [-0.39, 0.29) is 17.0 Å². The lowest BCUT2D eigenvalue weighted by atomic mass is 10.1. The molecule has 0 saturated carbocycles. The Kier molecular flexibility index (Phi) is 5.50. The third-order valence-corrected chi connectivity index (χ3v) is 5.82. The van der Waals surface area contributed by atoms with Gasteiger partial charge in [-0.3, -0.25) is 0 Å². The predicted molar refractivity (Wildman–Crippen MR) is 98.6 cm³/mol. The highest BCUT2D eigenvalue weighted by Gasteiger charge is 2.46. The molecule has 0 aliphatic heterocycles. The zero-order valence-electron chi connectivity index (χ0n) is 15.4. The summed E-state index contributed by atoms with van der Waals surface area (Å²) in [5.74, 6) is -1.14. The summed E-state index contributed by atoms with van der Waals surface area (Å²) in [4.78, 5) is -0.861. The van der Waals surface area contributed by atoms with Crippen molar-refractivity contribution >= 4 is 10.0 Å². The summed E-state index contributed by atoms with van der Waals surface area (Å²) in [6, 6.07) is 10.1. The van der Waals surface area contributed by atoms with Crippen molar-refractivity contribution in [2.75, 3.05) is 0 Å². The summed E-state index contributed by atoms with van der Waals surface area (Å²) in [7, 11) is -4.79. The Morgan fingerprint density at radius 3 is 2.17 bits per heavy atom. The molecule has 3 rings (SSSR count). The molecule has 0 amide bonds. The summed E-state index contributed by atoms with van der Waals surface area (Å²) >= 11 is 0. The normalized spacial score (nSPS) is 13.4. The maximum atomic E-state index is 13.9. The van der Waals surface area contributed by atoms with E-state index in [2.05, 4.69) is 5.10 Å². The zero-order valence-corrected chi connectivity index (χ0v) is 16.2. The molecule has 0 aliphatic rings. The van der Waals surface area contributed by atoms with Crippen molar-refractivity contribution in [1.29, 1.82) is 0 Å². The maximum Gasteiger partial charge on any atom is 0.409 e. The molecule has 1 aromatic heterocycles. The first-order valence-electron chi connectivity index (χ1n) is 8.47. The van der Waals surface area contributed by atoms with Gasteiger partial charge in [0, 0.05) is 11.3 Å². The third kappa shape index (κ3) is 4.18. The Labute approximate surface area is 165 Å². The SMILES string of the molecule is Cc1nn(-c2ccccc2)c(C)c1[C@H](NS(=O)(=O)c1ccccc1F)C(F)(F)F. The largest absolute Gasteiger partial charge is 0.409 e. The second-order valence-electron chi connectivity index (χ2n) is 6.36. The van der Waals surface area contributed by atoms with E-state index in [9.17, 15) is 26.0 Å². The number of nitrogens with zero attached hydrogens (tertiary/aromatic N) is 2. The summed E-state index contributed by atoms with van der Waals surface area (Å²) in [6.07, 6.45) is -4.97. The molecule has 154 valence electrons. The van der Waals surface area contributed by atoms with Gasteiger partial charge >= 0.3 is 6.18 Å². The van der Waals surface area contributed by atoms with Crippen LogP contribution >= 0.6 is 0 Å². The molecule has 1 N–H and O–H groups in total. The van der Waals surface area contributed by atoms with Crippen LogP contribution in [0.3, 0.4) is 0 Å². The van der Waals surface area contributed by atoms with Crippen molar-refractivity contribution in [3.05, 3.63) is 77.4 Å². The highest BCUT2D eigenvalue weighted by molar-refractivity contribution is 7.89. The molecule has 1 atom stereocenters. The fourth-order valence-corrected chi connectivity index (χ4v) is 4.34. The molecule has 1 heterocycles. The maximum absolute atomic E-state index is 13.9. The van der Waals surface area contributed by atoms with E-state index in [4.69, 9.17) is 0 Å². The predicted octanol–water partition coefficient (Wildman–Crippen LogP) is 4.21. The van der Waals surface area contributed by atoms with Crippen LogP contribution in [0.25, 0.3) is 5.69 Å². The number of benzene rings is 2. The van der Waals surface area contributed by atoms with Gasteiger partial charge in [-0.2, -0.15) is 23.0 Å². The monoisotopic (exact) mass is 427 g/mol. The first-order chi connectivity index (χ1) is 13.5. The van der Waals surface area contributed by atoms with Crippen molar-refractivity contribution in [3.63, 3.8) is 0 Å². The highest BCUT2D eigenvalue weighted by Crippen LogP contribution is 2.37. The van der Waals surface area contributed by atoms with Crippen LogP contribution in [0.1, 0.15) is 23.0 Å². The highest BCUT2D eigenvalue weighted by atomic mass is 32.2. The molecule has 3 aromatic rings. The molecule has 2 aromatic carbocycles. The van der Waals surface area contributed by atoms with E-state index in [0.29, 0.717) is 5.69 Å². The average Bonchev–Trinajstić information content (AvgIpc) is 2.94. The summed E-state index contributed by atoms with van der Waals surface area (Å²) < 4.78 is 83.4. The number of aromatic nitrogens is 2. The zero-order chi connectivity index (χ0) is 21.4. The molecule has 10 heteroatoms. The number of para-hydroxylation sites is 1. The Hall–Kier alpha value is -2.72. The van der Waals surface area contributed by atoms with E-state index in [1.54, 1.807) is 35.1 Å². The quantitative estimate of drug-likeness (QED) is 0.621. The van der Waals surface area contributed by atoms with Crippen molar-refractivity contribution < 1.29 is 26.0 Å². The molecule has 0 radical (unpaired) electrons. The number of hydrogen-bond acceptors (Lipinski definition) is 3. The van der Waals surface area contributed by atoms with Crippen LogP contribution in [0, 0.1) is 19.7 Å². The van der Waals surface area contributed by atoms with Crippen LogP contribution < -0.4 is 4.72 Å². The third-order valence-electron chi connectivity index (χ3n) is 4.36. The number of rotatable bonds is 5. The smallest absolute Gasteiger partial charge is 0.237 e. The molecule has 0 spiro atoms. The van der Waals surface area contributed by atoms with E-state index in [0.717, 1.165) is 12.1 Å². The van der Waals surface area contributed by atoms with Crippen molar-refractivity contribution in [3.8, 4) is 5.69 Å². The van der Waals surface area contributed by atoms with E-state index >= 15 is 0 Å². The fourth-order valence-electron chi connectivity index (χ4n) is 3.06. The first-order valence-corrected chi connectivity index (χ1v) is 9.96. The Morgan fingerprint density at radius 1 is 1.00 bits per heavy atom. The van der Waals surface area contributed by atoms with Crippen LogP contribution in [0.4, 0.5) is 17.6 Å². The van der Waals surface area contributed by atoms with Gasteiger partial charge in [-0.1, -0.05) is 30.3 Å². The minimum absolute atomic E-state index is 0.00455. The second-order valence-corrected chi connectivity index (χ2v) is 8.04. The lowest BCUT2D eigenvalue weighted by molar-refractivity contribution is -0.153. The summed E-state index contributed by atoms with van der Waals surface area (Å²) in [5, 5.41) is 4.14. The number of halogens is 4. The van der Waals surface area contributed by atoms with Crippen molar-refractivity contribution in [2.24, 2.45) is 0 Å². The Morgan fingerprint density at radius 2 is 1.59 bits per heavy atom. The van der Waals surface area contributed by atoms with Gasteiger partial charge in [0.15, 0.2) is 0 Å². The summed E-state index contributed by atoms with van der Waals surface area (Å²) in [6.45, 7) is 2.77. The van der Waals surface area contributed by atoms with Gasteiger partial charge in [-0.05, 0) is 38.1 Å². The molecule has 0 aliphatic carbocycles. The van der Waals surface area contributed by atoms with Gasteiger partial charge < -0.3 is 0 Å². The van der Waals surface area contributed by atoms with E-state index in [1.807, 2.05) is 0 Å². The summed E-state index contributed by atoms with van der Waals surface area (Å²) in [5.41, 5.74) is 0.315. The standard InChI is InChI=1S/C19H17F4N3O2S/c1-12-17(13(2)26(24-12)14-8-4-3-5-9-14)18(19(21,22)23)25-29(27,28)16-11-7-6-10-15(16)20/h3-11,18,25H,1-2H3/t18-/m0/s1. The minimum atomic E-state index is -4.97. The number of sulfonamides is 1. The number of aryl methyl sites for hydroxylation is 1. The number of alkyl halides is 3. The Balaban J connectivity index is 2.10. The minimum Gasteiger partial charge on any atom is -0.237 e. The first kappa shape index (κ1) is 21.0. The molecule has 0 unspecified atom stereocenters. The van der Waals surface area contributed by atoms with Crippen molar-refractivity contribution in [2.45, 2.75) is 31.0 Å². The molecule has 29 heavy (non-hydrogen) atoms. The van der Waals surface area contributed by atoms with Gasteiger partial charge in [0.2, 0.25) is 10.0 Å². The molecule has 0 saturated heterocycles. The number of nitrogens with one attached hydrogen (secondary N) is 1. The molecule has 5 nitrogen and oxygen atoms in total.